The van der Waals surface area contributed by atoms with E-state index in [0.717, 1.165) is 24.8 Å². The Morgan fingerprint density at radius 3 is 2.59 bits per heavy atom. The van der Waals surface area contributed by atoms with E-state index in [1.807, 2.05) is 12.1 Å². The largest absolute Gasteiger partial charge is 0.462 e. The molecule has 1 aromatic carbocycles. The molecule has 0 saturated heterocycles. The molecule has 0 heterocycles. The van der Waals surface area contributed by atoms with E-state index in [1.165, 1.54) is 11.1 Å². The van der Waals surface area contributed by atoms with Gasteiger partial charge < -0.3 is 10.5 Å². The van der Waals surface area contributed by atoms with Gasteiger partial charge in [-0.15, -0.1) is 0 Å². The topological polar surface area (TPSA) is 52.3 Å². The van der Waals surface area contributed by atoms with Gasteiger partial charge in [-0.3, -0.25) is 0 Å². The first-order chi connectivity index (χ1) is 10.5. The lowest BCUT2D eigenvalue weighted by Crippen LogP contribution is -2.09. The van der Waals surface area contributed by atoms with E-state index in [2.05, 4.69) is 32.9 Å². The SMILES string of the molecule is CCOC(=O)c1cccc(C/C=C(\C)CCC=C(C)C)c1N. The zero-order valence-corrected chi connectivity index (χ0v) is 14.1. The molecule has 0 radical (unpaired) electrons. The third kappa shape index (κ3) is 5.76. The molecule has 0 fully saturated rings. The molecule has 1 rings (SSSR count). The van der Waals surface area contributed by atoms with Crippen LogP contribution in [0.3, 0.4) is 0 Å². The van der Waals surface area contributed by atoms with Gasteiger partial charge in [-0.2, -0.15) is 0 Å². The molecule has 3 heteroatoms. The molecule has 0 aliphatic heterocycles. The van der Waals surface area contributed by atoms with Crippen molar-refractivity contribution in [2.75, 3.05) is 12.3 Å². The highest BCUT2D eigenvalue weighted by Gasteiger charge is 2.12. The molecule has 0 amide bonds. The number of hydrogen-bond acceptors (Lipinski definition) is 3. The van der Waals surface area contributed by atoms with E-state index >= 15 is 0 Å². The average molecular weight is 301 g/mol. The first-order valence-corrected chi connectivity index (χ1v) is 7.79. The van der Waals surface area contributed by atoms with Gasteiger partial charge in [-0.1, -0.05) is 35.4 Å². The second-order valence-electron chi connectivity index (χ2n) is 5.67. The lowest BCUT2D eigenvalue weighted by Gasteiger charge is -2.09. The number of ether oxygens (including phenoxy) is 1. The predicted molar refractivity (Wildman–Crippen MR) is 92.9 cm³/mol. The Bertz CT molecular complexity index is 567. The van der Waals surface area contributed by atoms with Crippen molar-refractivity contribution in [1.82, 2.24) is 0 Å². The van der Waals surface area contributed by atoms with Crippen molar-refractivity contribution in [2.24, 2.45) is 0 Å². The van der Waals surface area contributed by atoms with Crippen LogP contribution in [0.25, 0.3) is 0 Å². The number of para-hydroxylation sites is 1. The van der Waals surface area contributed by atoms with Crippen LogP contribution in [-0.2, 0) is 11.2 Å². The summed E-state index contributed by atoms with van der Waals surface area (Å²) >= 11 is 0. The van der Waals surface area contributed by atoms with Crippen LogP contribution in [0.2, 0.25) is 0 Å². The van der Waals surface area contributed by atoms with Gasteiger partial charge in [0.15, 0.2) is 0 Å². The van der Waals surface area contributed by atoms with Crippen LogP contribution in [0.15, 0.2) is 41.5 Å². The fraction of sp³-hybridized carbons (Fsp3) is 0.421. The predicted octanol–water partition coefficient (Wildman–Crippen LogP) is 4.68. The molecular formula is C19H27NO2. The minimum atomic E-state index is -0.355. The van der Waals surface area contributed by atoms with Gasteiger partial charge in [0.25, 0.3) is 0 Å². The van der Waals surface area contributed by atoms with Gasteiger partial charge >= 0.3 is 5.97 Å². The second kappa shape index (κ2) is 9.08. The second-order valence-corrected chi connectivity index (χ2v) is 5.67. The van der Waals surface area contributed by atoms with E-state index in [9.17, 15) is 4.79 Å². The summed E-state index contributed by atoms with van der Waals surface area (Å²) in [5.41, 5.74) is 10.7. The average Bonchev–Trinajstić information content (AvgIpc) is 2.46. The summed E-state index contributed by atoms with van der Waals surface area (Å²) in [6, 6.07) is 5.52. The summed E-state index contributed by atoms with van der Waals surface area (Å²) in [5, 5.41) is 0. The molecule has 3 nitrogen and oxygen atoms in total. The molecule has 0 saturated carbocycles. The van der Waals surface area contributed by atoms with Crippen LogP contribution >= 0.6 is 0 Å². The standard InChI is InChI=1S/C19H27NO2/c1-5-22-19(21)17-11-7-10-16(18(17)20)13-12-15(4)9-6-8-14(2)3/h7-8,10-12H,5-6,9,13,20H2,1-4H3/b15-12+. The fourth-order valence-electron chi connectivity index (χ4n) is 2.15. The van der Waals surface area contributed by atoms with Crippen molar-refractivity contribution in [3.8, 4) is 0 Å². The first kappa shape index (κ1) is 18.0. The number of nitrogens with two attached hydrogens (primary N) is 1. The third-order valence-electron chi connectivity index (χ3n) is 3.45. The monoisotopic (exact) mass is 301 g/mol. The molecule has 0 aromatic heterocycles. The highest BCUT2D eigenvalue weighted by Crippen LogP contribution is 2.20. The van der Waals surface area contributed by atoms with Crippen LogP contribution in [0.1, 0.15) is 56.5 Å². The van der Waals surface area contributed by atoms with Crippen molar-refractivity contribution in [1.29, 1.82) is 0 Å². The molecule has 1 aromatic rings. The Kier molecular flexibility index (Phi) is 7.44. The smallest absolute Gasteiger partial charge is 0.340 e. The number of allylic oxidation sites excluding steroid dienone is 4. The van der Waals surface area contributed by atoms with Gasteiger partial charge in [-0.05, 0) is 58.6 Å². The summed E-state index contributed by atoms with van der Waals surface area (Å²) in [6.07, 6.45) is 7.26. The Morgan fingerprint density at radius 1 is 1.23 bits per heavy atom. The first-order valence-electron chi connectivity index (χ1n) is 7.79. The summed E-state index contributed by atoms with van der Waals surface area (Å²) < 4.78 is 5.02. The Hall–Kier alpha value is -2.03. The van der Waals surface area contributed by atoms with Gasteiger partial charge in [0, 0.05) is 5.69 Å². The summed E-state index contributed by atoms with van der Waals surface area (Å²) in [4.78, 5) is 11.8. The zero-order chi connectivity index (χ0) is 16.5. The zero-order valence-electron chi connectivity index (χ0n) is 14.1. The Labute approximate surface area is 133 Å². The maximum atomic E-state index is 11.8. The van der Waals surface area contributed by atoms with Gasteiger partial charge in [0.1, 0.15) is 0 Å². The van der Waals surface area contributed by atoms with Crippen molar-refractivity contribution in [3.05, 3.63) is 52.6 Å². The van der Waals surface area contributed by atoms with Gasteiger partial charge in [-0.25, -0.2) is 4.79 Å². The molecular weight excluding hydrogens is 274 g/mol. The quantitative estimate of drug-likeness (QED) is 0.452. The maximum absolute atomic E-state index is 11.8. The number of carbonyl (C=O) groups is 1. The maximum Gasteiger partial charge on any atom is 0.340 e. The highest BCUT2D eigenvalue weighted by molar-refractivity contribution is 5.95. The number of nitrogen functional groups attached to an aromatic ring is 1. The van der Waals surface area contributed by atoms with E-state index in [0.29, 0.717) is 17.9 Å². The van der Waals surface area contributed by atoms with Crippen LogP contribution < -0.4 is 5.73 Å². The molecule has 0 aliphatic carbocycles. The van der Waals surface area contributed by atoms with Crippen molar-refractivity contribution < 1.29 is 9.53 Å². The number of rotatable bonds is 7. The molecule has 0 spiro atoms. The third-order valence-corrected chi connectivity index (χ3v) is 3.45. The molecule has 0 aliphatic rings. The van der Waals surface area contributed by atoms with E-state index in [4.69, 9.17) is 10.5 Å². The van der Waals surface area contributed by atoms with E-state index in [1.54, 1.807) is 13.0 Å². The number of hydrogen-bond donors (Lipinski definition) is 1. The number of carbonyl (C=O) groups excluding carboxylic acids is 1. The Balaban J connectivity index is 2.75. The number of anilines is 1. The van der Waals surface area contributed by atoms with Crippen LogP contribution in [0.4, 0.5) is 5.69 Å². The van der Waals surface area contributed by atoms with Crippen molar-refractivity contribution >= 4 is 11.7 Å². The fourth-order valence-corrected chi connectivity index (χ4v) is 2.15. The van der Waals surface area contributed by atoms with Crippen LogP contribution in [0.5, 0.6) is 0 Å². The minimum Gasteiger partial charge on any atom is -0.462 e. The molecule has 120 valence electrons. The van der Waals surface area contributed by atoms with Crippen LogP contribution in [0, 0.1) is 0 Å². The van der Waals surface area contributed by atoms with Crippen molar-refractivity contribution in [2.45, 2.75) is 47.0 Å². The molecule has 2 N–H and O–H groups in total. The molecule has 22 heavy (non-hydrogen) atoms. The summed E-state index contributed by atoms with van der Waals surface area (Å²) in [6.45, 7) is 8.49. The number of benzene rings is 1. The summed E-state index contributed by atoms with van der Waals surface area (Å²) in [5.74, 6) is -0.355. The van der Waals surface area contributed by atoms with Gasteiger partial charge in [0.05, 0.1) is 12.2 Å². The number of esters is 1. The molecule has 0 bridgehead atoms. The normalized spacial score (nSPS) is 11.2. The van der Waals surface area contributed by atoms with E-state index in [-0.39, 0.29) is 5.97 Å². The minimum absolute atomic E-state index is 0.353. The highest BCUT2D eigenvalue weighted by atomic mass is 16.5. The lowest BCUT2D eigenvalue weighted by molar-refractivity contribution is 0.0527. The van der Waals surface area contributed by atoms with Crippen LogP contribution in [-0.4, -0.2) is 12.6 Å². The Morgan fingerprint density at radius 2 is 1.95 bits per heavy atom. The summed E-state index contributed by atoms with van der Waals surface area (Å²) in [7, 11) is 0. The lowest BCUT2D eigenvalue weighted by atomic mass is 10.0. The van der Waals surface area contributed by atoms with Crippen molar-refractivity contribution in [3.63, 3.8) is 0 Å². The van der Waals surface area contributed by atoms with Gasteiger partial charge in [0.2, 0.25) is 0 Å². The van der Waals surface area contributed by atoms with E-state index < -0.39 is 0 Å². The molecule has 0 atom stereocenters. The molecule has 0 unspecified atom stereocenters.